The Kier molecular flexibility index (Phi) is 5.81. The minimum Gasteiger partial charge on any atom is -0.469 e. The van der Waals surface area contributed by atoms with E-state index >= 15 is 0 Å². The van der Waals surface area contributed by atoms with Crippen LogP contribution in [0.15, 0.2) is 40.5 Å². The van der Waals surface area contributed by atoms with Crippen molar-refractivity contribution in [1.82, 2.24) is 0 Å². The van der Waals surface area contributed by atoms with Crippen molar-refractivity contribution in [3.05, 3.63) is 47.5 Å². The molecule has 1 aliphatic rings. The zero-order chi connectivity index (χ0) is 17.9. The van der Waals surface area contributed by atoms with Crippen molar-refractivity contribution in [2.45, 2.75) is 53.1 Å². The Morgan fingerprint density at radius 1 is 1.25 bits per heavy atom. The highest BCUT2D eigenvalue weighted by Crippen LogP contribution is 2.24. The third-order valence-electron chi connectivity index (χ3n) is 4.41. The van der Waals surface area contributed by atoms with Gasteiger partial charge in [-0.2, -0.15) is 0 Å². The SMILES string of the molecule is C=C1/C=C(/C)[C@H](CC)OC(=O)[C@H](C)C(=O)c2coc(c2)C[C@@H](C)C1. The Hall–Kier alpha value is -2.10. The summed E-state index contributed by atoms with van der Waals surface area (Å²) in [5.41, 5.74) is 2.39. The molecule has 2 rings (SSSR count). The molecule has 0 spiro atoms. The Morgan fingerprint density at radius 3 is 2.62 bits per heavy atom. The molecule has 0 fully saturated rings. The normalized spacial score (nSPS) is 28.8. The van der Waals surface area contributed by atoms with Crippen LogP contribution in [0, 0.1) is 11.8 Å². The summed E-state index contributed by atoms with van der Waals surface area (Å²) in [6.07, 6.45) is 5.31. The molecule has 0 radical (unpaired) electrons. The summed E-state index contributed by atoms with van der Waals surface area (Å²) in [4.78, 5) is 24.8. The maximum absolute atomic E-state index is 12.5. The molecular formula is C20H26O4. The molecule has 24 heavy (non-hydrogen) atoms. The third kappa shape index (κ3) is 4.25. The van der Waals surface area contributed by atoms with E-state index < -0.39 is 11.9 Å². The predicted octanol–water partition coefficient (Wildman–Crippen LogP) is 4.51. The van der Waals surface area contributed by atoms with E-state index in [1.54, 1.807) is 13.0 Å². The fraction of sp³-hybridized carbons (Fsp3) is 0.500. The summed E-state index contributed by atoms with van der Waals surface area (Å²) in [7, 11) is 0. The number of esters is 1. The van der Waals surface area contributed by atoms with Crippen LogP contribution in [-0.4, -0.2) is 17.9 Å². The minimum atomic E-state index is -0.846. The highest BCUT2D eigenvalue weighted by atomic mass is 16.5. The van der Waals surface area contributed by atoms with Gasteiger partial charge in [-0.15, -0.1) is 0 Å². The lowest BCUT2D eigenvalue weighted by Crippen LogP contribution is -2.28. The van der Waals surface area contributed by atoms with Crippen LogP contribution in [0.3, 0.4) is 0 Å². The summed E-state index contributed by atoms with van der Waals surface area (Å²) >= 11 is 0. The maximum Gasteiger partial charge on any atom is 0.317 e. The standard InChI is InChI=1S/C20H26O4/c1-6-18-14(4)8-12(2)7-13(3)9-17-10-16(11-23-17)19(21)15(5)20(22)24-18/h8,10-11,13,15,18H,2,6-7,9H2,1,3-5H3/b14-8-/t13-,15+,18-/m0/s1. The fourth-order valence-electron chi connectivity index (χ4n) is 3.05. The number of hydrogen-bond acceptors (Lipinski definition) is 4. The van der Waals surface area contributed by atoms with Crippen LogP contribution in [0.1, 0.15) is 56.7 Å². The Bertz CT molecular complexity index is 665. The molecule has 4 heteroatoms. The van der Waals surface area contributed by atoms with Crippen LogP contribution in [0.2, 0.25) is 0 Å². The van der Waals surface area contributed by atoms with Crippen LogP contribution in [0.5, 0.6) is 0 Å². The number of rotatable bonds is 1. The third-order valence-corrected chi connectivity index (χ3v) is 4.41. The molecule has 4 nitrogen and oxygen atoms in total. The van der Waals surface area contributed by atoms with Gasteiger partial charge < -0.3 is 9.15 Å². The minimum absolute atomic E-state index is 0.263. The summed E-state index contributed by atoms with van der Waals surface area (Å²) < 4.78 is 11.1. The zero-order valence-electron chi connectivity index (χ0n) is 14.9. The molecule has 0 N–H and O–H groups in total. The first-order valence-electron chi connectivity index (χ1n) is 8.49. The molecule has 1 aromatic heterocycles. The average molecular weight is 330 g/mol. The molecule has 2 bridgehead atoms. The zero-order valence-corrected chi connectivity index (χ0v) is 14.9. The van der Waals surface area contributed by atoms with Gasteiger partial charge in [0.25, 0.3) is 0 Å². The number of furan rings is 1. The monoisotopic (exact) mass is 330 g/mol. The van der Waals surface area contributed by atoms with E-state index in [0.717, 1.165) is 29.7 Å². The van der Waals surface area contributed by atoms with Crippen molar-refractivity contribution in [3.63, 3.8) is 0 Å². The smallest absolute Gasteiger partial charge is 0.317 e. The molecular weight excluding hydrogens is 304 g/mol. The van der Waals surface area contributed by atoms with E-state index in [2.05, 4.69) is 13.5 Å². The second-order valence-corrected chi connectivity index (χ2v) is 6.78. The van der Waals surface area contributed by atoms with E-state index in [4.69, 9.17) is 9.15 Å². The van der Waals surface area contributed by atoms with E-state index in [-0.39, 0.29) is 11.9 Å². The van der Waals surface area contributed by atoms with Gasteiger partial charge >= 0.3 is 5.97 Å². The number of carbonyl (C=O) groups is 2. The quantitative estimate of drug-likeness (QED) is 0.562. The number of ether oxygens (including phenoxy) is 1. The Balaban J connectivity index is 2.35. The number of fused-ring (bicyclic) bond motifs is 2. The predicted molar refractivity (Wildman–Crippen MR) is 92.8 cm³/mol. The first kappa shape index (κ1) is 18.2. The number of carbonyl (C=O) groups excluding carboxylic acids is 2. The summed E-state index contributed by atoms with van der Waals surface area (Å²) in [5, 5.41) is 0. The average Bonchev–Trinajstić information content (AvgIpc) is 2.97. The van der Waals surface area contributed by atoms with Gasteiger partial charge in [-0.1, -0.05) is 32.1 Å². The molecule has 3 atom stereocenters. The van der Waals surface area contributed by atoms with Gasteiger partial charge in [-0.25, -0.2) is 0 Å². The van der Waals surface area contributed by atoms with Crippen molar-refractivity contribution >= 4 is 11.8 Å². The Morgan fingerprint density at radius 2 is 1.96 bits per heavy atom. The van der Waals surface area contributed by atoms with Crippen LogP contribution in [-0.2, 0) is 16.0 Å². The molecule has 0 unspecified atom stereocenters. The number of hydrogen-bond donors (Lipinski definition) is 0. The van der Waals surface area contributed by atoms with Crippen molar-refractivity contribution in [2.75, 3.05) is 0 Å². The molecule has 0 aromatic carbocycles. The topological polar surface area (TPSA) is 56.5 Å². The van der Waals surface area contributed by atoms with Crippen molar-refractivity contribution in [2.24, 2.45) is 11.8 Å². The number of Topliss-reactive ketones (excluding diaryl/α,β-unsaturated/α-hetero) is 1. The first-order chi connectivity index (χ1) is 11.3. The molecule has 0 saturated carbocycles. The molecule has 0 saturated heterocycles. The second-order valence-electron chi connectivity index (χ2n) is 6.78. The molecule has 0 amide bonds. The lowest BCUT2D eigenvalue weighted by molar-refractivity contribution is -0.150. The van der Waals surface area contributed by atoms with Gasteiger partial charge in [0.05, 0.1) is 5.56 Å². The lowest BCUT2D eigenvalue weighted by atomic mass is 9.94. The fourth-order valence-corrected chi connectivity index (χ4v) is 3.05. The largest absolute Gasteiger partial charge is 0.469 e. The van der Waals surface area contributed by atoms with E-state index in [1.165, 1.54) is 6.26 Å². The van der Waals surface area contributed by atoms with Gasteiger partial charge in [0.15, 0.2) is 5.78 Å². The summed E-state index contributed by atoms with van der Waals surface area (Å²) in [6, 6.07) is 1.73. The van der Waals surface area contributed by atoms with Crippen LogP contribution >= 0.6 is 0 Å². The molecule has 2 heterocycles. The van der Waals surface area contributed by atoms with Crippen LogP contribution in [0.4, 0.5) is 0 Å². The van der Waals surface area contributed by atoms with Crippen LogP contribution < -0.4 is 0 Å². The first-order valence-corrected chi connectivity index (χ1v) is 8.49. The molecule has 1 aromatic rings. The second kappa shape index (κ2) is 7.65. The summed E-state index contributed by atoms with van der Waals surface area (Å²) in [6.45, 7) is 11.7. The van der Waals surface area contributed by atoms with E-state index in [9.17, 15) is 9.59 Å². The van der Waals surface area contributed by atoms with Gasteiger partial charge in [0, 0.05) is 6.42 Å². The van der Waals surface area contributed by atoms with Gasteiger partial charge in [-0.05, 0) is 44.2 Å². The van der Waals surface area contributed by atoms with Gasteiger partial charge in [-0.3, -0.25) is 9.59 Å². The Labute approximate surface area is 143 Å². The maximum atomic E-state index is 12.5. The summed E-state index contributed by atoms with van der Waals surface area (Å²) in [5.74, 6) is -0.512. The highest BCUT2D eigenvalue weighted by molar-refractivity contribution is 6.08. The van der Waals surface area contributed by atoms with Crippen LogP contribution in [0.25, 0.3) is 0 Å². The number of ketones is 1. The van der Waals surface area contributed by atoms with E-state index in [0.29, 0.717) is 17.9 Å². The number of allylic oxidation sites excluding steroid dienone is 2. The molecule has 1 aliphatic heterocycles. The van der Waals surface area contributed by atoms with Gasteiger partial charge in [0.2, 0.25) is 0 Å². The van der Waals surface area contributed by atoms with Gasteiger partial charge in [0.1, 0.15) is 24.0 Å². The molecule has 0 aliphatic carbocycles. The number of cyclic esters (lactones) is 1. The van der Waals surface area contributed by atoms with Crippen molar-refractivity contribution < 1.29 is 18.7 Å². The lowest BCUT2D eigenvalue weighted by Gasteiger charge is -2.20. The van der Waals surface area contributed by atoms with E-state index in [1.807, 2.05) is 19.9 Å². The van der Waals surface area contributed by atoms with Crippen molar-refractivity contribution in [3.8, 4) is 0 Å². The van der Waals surface area contributed by atoms with Crippen molar-refractivity contribution in [1.29, 1.82) is 0 Å². The highest BCUT2D eigenvalue weighted by Gasteiger charge is 2.28. The molecule has 130 valence electrons.